The van der Waals surface area contributed by atoms with E-state index in [0.29, 0.717) is 18.0 Å². The minimum atomic E-state index is 0. The average Bonchev–Trinajstić information content (AvgIpc) is 3.26. The largest absolute Gasteiger partial charge is 0.493 e. The summed E-state index contributed by atoms with van der Waals surface area (Å²) in [6.07, 6.45) is 6.10. The second-order valence-electron chi connectivity index (χ2n) is 9.88. The number of benzene rings is 1. The first-order chi connectivity index (χ1) is 14.6. The Hall–Kier alpha value is -1.30. The summed E-state index contributed by atoms with van der Waals surface area (Å²) < 4.78 is 17.5. The lowest BCUT2D eigenvalue weighted by Crippen LogP contribution is -2.47. The molecule has 3 aliphatic rings. The third-order valence-electron chi connectivity index (χ3n) is 7.36. The molecule has 1 aromatic carbocycles. The smallest absolute Gasteiger partial charge is 0.161 e. The maximum absolute atomic E-state index is 6.29. The van der Waals surface area contributed by atoms with Crippen LogP contribution in [0.3, 0.4) is 0 Å². The highest BCUT2D eigenvalue weighted by molar-refractivity contribution is 5.49. The zero-order valence-corrected chi connectivity index (χ0v) is 19.3. The minimum absolute atomic E-state index is 0. The normalized spacial score (nSPS) is 29.0. The molecule has 1 N–H and O–H groups in total. The van der Waals surface area contributed by atoms with Crippen molar-refractivity contribution in [1.82, 2.24) is 10.2 Å². The molecule has 1 aromatic rings. The standard InChI is InChI=1S/C25H40N2O3.H2/c1-17(2)10-19-14-27-9-7-18-12-24(28-3)25(29-4)13-22(18)23(27)11-20(19)15-30-16-21-6-5-8-26-21;/h12-13,17,19-21,23,26H,5-11,14-16H2,1-4H3;1H/t19?,20?,21-,23?;/m1./s1. The Bertz CT molecular complexity index is 708. The lowest BCUT2D eigenvalue weighted by molar-refractivity contribution is -0.00877. The van der Waals surface area contributed by atoms with Crippen LogP contribution in [0.25, 0.3) is 0 Å². The molecule has 3 heterocycles. The predicted molar refractivity (Wildman–Crippen MR) is 123 cm³/mol. The number of hydrogen-bond donors (Lipinski definition) is 1. The van der Waals surface area contributed by atoms with E-state index in [1.807, 2.05) is 0 Å². The van der Waals surface area contributed by atoms with Gasteiger partial charge in [-0.25, -0.2) is 0 Å². The molecule has 2 fully saturated rings. The molecule has 0 radical (unpaired) electrons. The maximum atomic E-state index is 6.29. The number of rotatable bonds is 8. The summed E-state index contributed by atoms with van der Waals surface area (Å²) in [6.45, 7) is 9.94. The number of ether oxygens (including phenoxy) is 3. The lowest BCUT2D eigenvalue weighted by atomic mass is 9.74. The van der Waals surface area contributed by atoms with Crippen molar-refractivity contribution in [2.75, 3.05) is 47.1 Å². The Balaban J connectivity index is 0.00000272. The van der Waals surface area contributed by atoms with Crippen LogP contribution in [-0.2, 0) is 11.2 Å². The van der Waals surface area contributed by atoms with E-state index in [0.717, 1.165) is 56.1 Å². The number of nitrogens with zero attached hydrogens (tertiary/aromatic N) is 1. The summed E-state index contributed by atoms with van der Waals surface area (Å²) >= 11 is 0. The molecule has 170 valence electrons. The second kappa shape index (κ2) is 9.88. The Kier molecular flexibility index (Phi) is 7.22. The van der Waals surface area contributed by atoms with Gasteiger partial charge < -0.3 is 19.5 Å². The van der Waals surface area contributed by atoms with Gasteiger partial charge in [0.25, 0.3) is 0 Å². The van der Waals surface area contributed by atoms with Crippen LogP contribution in [0, 0.1) is 17.8 Å². The van der Waals surface area contributed by atoms with Crippen LogP contribution in [0.5, 0.6) is 11.5 Å². The Morgan fingerprint density at radius 1 is 1.13 bits per heavy atom. The molecule has 4 rings (SSSR count). The quantitative estimate of drug-likeness (QED) is 0.682. The molecular weight excluding hydrogens is 376 g/mol. The van der Waals surface area contributed by atoms with Crippen LogP contribution in [0.15, 0.2) is 12.1 Å². The molecule has 2 saturated heterocycles. The van der Waals surface area contributed by atoms with Gasteiger partial charge in [-0.1, -0.05) is 13.8 Å². The van der Waals surface area contributed by atoms with E-state index < -0.39 is 0 Å². The molecule has 0 bridgehead atoms. The summed E-state index contributed by atoms with van der Waals surface area (Å²) in [5.41, 5.74) is 2.86. The second-order valence-corrected chi connectivity index (χ2v) is 9.88. The molecule has 0 saturated carbocycles. The lowest BCUT2D eigenvalue weighted by Gasteiger charge is -2.47. The number of piperidine rings is 1. The topological polar surface area (TPSA) is 43.0 Å². The van der Waals surface area contributed by atoms with E-state index in [4.69, 9.17) is 14.2 Å². The fourth-order valence-electron chi connectivity index (χ4n) is 5.84. The van der Waals surface area contributed by atoms with Gasteiger partial charge in [0.15, 0.2) is 11.5 Å². The van der Waals surface area contributed by atoms with Gasteiger partial charge in [-0.3, -0.25) is 4.90 Å². The van der Waals surface area contributed by atoms with Crippen molar-refractivity contribution in [1.29, 1.82) is 0 Å². The molecule has 3 aliphatic heterocycles. The summed E-state index contributed by atoms with van der Waals surface area (Å²) in [7, 11) is 3.46. The van der Waals surface area contributed by atoms with Crippen molar-refractivity contribution < 1.29 is 15.6 Å². The van der Waals surface area contributed by atoms with E-state index in [1.54, 1.807) is 14.2 Å². The van der Waals surface area contributed by atoms with Gasteiger partial charge in [0.05, 0.1) is 20.8 Å². The van der Waals surface area contributed by atoms with Crippen LogP contribution < -0.4 is 14.8 Å². The summed E-state index contributed by atoms with van der Waals surface area (Å²) in [5.74, 6) is 3.77. The van der Waals surface area contributed by atoms with Crippen molar-refractivity contribution in [3.05, 3.63) is 23.3 Å². The predicted octanol–water partition coefficient (Wildman–Crippen LogP) is 4.30. The van der Waals surface area contributed by atoms with Gasteiger partial charge in [0.2, 0.25) is 0 Å². The van der Waals surface area contributed by atoms with Crippen LogP contribution >= 0.6 is 0 Å². The van der Waals surface area contributed by atoms with Gasteiger partial charge in [0.1, 0.15) is 0 Å². The third kappa shape index (κ3) is 4.79. The fourth-order valence-corrected chi connectivity index (χ4v) is 5.84. The summed E-state index contributed by atoms with van der Waals surface area (Å²) in [6, 6.07) is 5.45. The average molecular weight is 419 g/mol. The van der Waals surface area contributed by atoms with Gasteiger partial charge >= 0.3 is 0 Å². The zero-order chi connectivity index (χ0) is 21.1. The highest BCUT2D eigenvalue weighted by Crippen LogP contribution is 2.45. The minimum Gasteiger partial charge on any atom is -0.493 e. The number of hydrogen-bond acceptors (Lipinski definition) is 5. The van der Waals surface area contributed by atoms with Gasteiger partial charge in [-0.2, -0.15) is 0 Å². The monoisotopic (exact) mass is 418 g/mol. The van der Waals surface area contributed by atoms with Crippen molar-refractivity contribution >= 4 is 0 Å². The molecular formula is C25H42N2O3. The van der Waals surface area contributed by atoms with Crippen molar-refractivity contribution in [3.63, 3.8) is 0 Å². The summed E-state index contributed by atoms with van der Waals surface area (Å²) in [4.78, 5) is 2.72. The van der Waals surface area contributed by atoms with Crippen molar-refractivity contribution in [2.45, 2.75) is 58.0 Å². The first-order valence-electron chi connectivity index (χ1n) is 11.9. The van der Waals surface area contributed by atoms with Crippen LogP contribution in [0.4, 0.5) is 0 Å². The molecule has 5 nitrogen and oxygen atoms in total. The zero-order valence-electron chi connectivity index (χ0n) is 19.3. The highest BCUT2D eigenvalue weighted by atomic mass is 16.5. The first kappa shape index (κ1) is 21.9. The van der Waals surface area contributed by atoms with Crippen LogP contribution in [0.2, 0.25) is 0 Å². The number of methoxy groups -OCH3 is 2. The molecule has 0 aromatic heterocycles. The maximum Gasteiger partial charge on any atom is 0.161 e. The molecule has 0 spiro atoms. The molecule has 4 atom stereocenters. The van der Waals surface area contributed by atoms with Crippen LogP contribution in [0.1, 0.15) is 58.1 Å². The molecule has 5 heteroatoms. The molecule has 0 amide bonds. The van der Waals surface area contributed by atoms with E-state index in [9.17, 15) is 0 Å². The van der Waals surface area contributed by atoms with E-state index >= 15 is 0 Å². The highest BCUT2D eigenvalue weighted by Gasteiger charge is 2.39. The van der Waals surface area contributed by atoms with E-state index in [1.165, 1.54) is 43.4 Å². The fraction of sp³-hybridized carbons (Fsp3) is 0.760. The van der Waals surface area contributed by atoms with Gasteiger partial charge in [0, 0.05) is 33.2 Å². The molecule has 3 unspecified atom stereocenters. The van der Waals surface area contributed by atoms with Gasteiger partial charge in [-0.05, 0) is 79.7 Å². The molecule has 0 aliphatic carbocycles. The number of fused-ring (bicyclic) bond motifs is 3. The van der Waals surface area contributed by atoms with E-state index in [2.05, 4.69) is 36.2 Å². The summed E-state index contributed by atoms with van der Waals surface area (Å²) in [5, 5.41) is 3.56. The molecule has 30 heavy (non-hydrogen) atoms. The van der Waals surface area contributed by atoms with Crippen molar-refractivity contribution in [3.8, 4) is 11.5 Å². The number of nitrogens with one attached hydrogen (secondary N) is 1. The Morgan fingerprint density at radius 3 is 2.63 bits per heavy atom. The van der Waals surface area contributed by atoms with Crippen molar-refractivity contribution in [2.24, 2.45) is 17.8 Å². The van der Waals surface area contributed by atoms with Crippen LogP contribution in [-0.4, -0.2) is 58.0 Å². The SMILES string of the molecule is COc1cc2c(cc1OC)C1CC(COC[C@H]3CCCN3)C(CC(C)C)CN1CC2.[HH]. The Labute approximate surface area is 183 Å². The first-order valence-corrected chi connectivity index (χ1v) is 11.9. The third-order valence-corrected chi connectivity index (χ3v) is 7.36. The van der Waals surface area contributed by atoms with Gasteiger partial charge in [-0.15, -0.1) is 0 Å². The Morgan fingerprint density at radius 2 is 1.93 bits per heavy atom. The van der Waals surface area contributed by atoms with E-state index in [-0.39, 0.29) is 1.43 Å².